The minimum atomic E-state index is -0.519. The van der Waals surface area contributed by atoms with E-state index < -0.39 is 11.9 Å². The van der Waals surface area contributed by atoms with E-state index in [0.29, 0.717) is 49.8 Å². The molecule has 0 fully saturated rings. The molecule has 184 valence electrons. The molecule has 1 aliphatic carbocycles. The second-order valence-corrected chi connectivity index (χ2v) is 9.99. The van der Waals surface area contributed by atoms with Gasteiger partial charge in [-0.25, -0.2) is 9.18 Å². The Hall–Kier alpha value is -2.39. The fraction of sp³-hybridized carbons (Fsp3) is 0.250. The van der Waals surface area contributed by atoms with E-state index in [1.807, 2.05) is 6.07 Å². The molecule has 0 aliphatic heterocycles. The lowest BCUT2D eigenvalue weighted by atomic mass is 9.88. The second kappa shape index (κ2) is 11.6. The molecule has 0 radical (unpaired) electrons. The number of fused-ring (bicyclic) bond motifs is 1. The molecule has 1 heterocycles. The summed E-state index contributed by atoms with van der Waals surface area (Å²) in [4.78, 5) is 13.0. The molecular formula is C24H22Cl3FN4O2S. The predicted octanol–water partition coefficient (Wildman–Crippen LogP) is 6.99. The number of carbonyl (C=O) groups excluding carboxylic acids is 1. The van der Waals surface area contributed by atoms with Crippen molar-refractivity contribution < 1.29 is 13.9 Å². The van der Waals surface area contributed by atoms with E-state index >= 15 is 4.39 Å². The van der Waals surface area contributed by atoms with Crippen LogP contribution in [0, 0.1) is 0 Å². The van der Waals surface area contributed by atoms with Crippen LogP contribution in [0.2, 0.25) is 15.1 Å². The van der Waals surface area contributed by atoms with E-state index in [1.54, 1.807) is 30.3 Å². The zero-order chi connectivity index (χ0) is 24.9. The van der Waals surface area contributed by atoms with Crippen molar-refractivity contribution in [1.82, 2.24) is 20.2 Å². The molecule has 2 aromatic carbocycles. The van der Waals surface area contributed by atoms with Gasteiger partial charge < -0.3 is 10.1 Å². The van der Waals surface area contributed by atoms with Crippen LogP contribution in [0.25, 0.3) is 5.57 Å². The van der Waals surface area contributed by atoms with Crippen LogP contribution in [0.4, 0.5) is 9.18 Å². The summed E-state index contributed by atoms with van der Waals surface area (Å²) in [5.74, 6) is 0.140. The number of nitrogens with zero attached hydrogens (tertiary/aromatic N) is 1. The highest BCUT2D eigenvalue weighted by molar-refractivity contribution is 7.98. The Morgan fingerprint density at radius 1 is 1.17 bits per heavy atom. The molecule has 0 atom stereocenters. The summed E-state index contributed by atoms with van der Waals surface area (Å²) in [7, 11) is 1.53. The van der Waals surface area contributed by atoms with E-state index in [4.69, 9.17) is 39.5 Å². The number of benzene rings is 2. The van der Waals surface area contributed by atoms with Gasteiger partial charge in [0, 0.05) is 32.6 Å². The van der Waals surface area contributed by atoms with Crippen molar-refractivity contribution in [1.29, 1.82) is 0 Å². The Morgan fingerprint density at radius 2 is 2.00 bits per heavy atom. The van der Waals surface area contributed by atoms with Crippen molar-refractivity contribution in [2.45, 2.75) is 30.6 Å². The van der Waals surface area contributed by atoms with Gasteiger partial charge in [0.2, 0.25) is 0 Å². The van der Waals surface area contributed by atoms with E-state index in [-0.39, 0.29) is 6.54 Å². The molecule has 1 aliphatic rings. The van der Waals surface area contributed by atoms with Gasteiger partial charge in [0.05, 0.1) is 24.4 Å². The lowest BCUT2D eigenvalue weighted by Gasteiger charge is -2.18. The standard InChI is InChI=1S/C24H22Cl3FN4O2S/c1-34-22-8-7-15(11-18(22)27)35-32-24(33)29-12-19(28)16-3-2-4-20-23(16)21(31-30-20)9-13-5-6-14(25)10-17(13)26/h5-8,10-11H,2-4,9,12H2,1H3,(H,30,31)(H2,29,32,33)/b19-16-. The normalized spacial score (nSPS) is 14.3. The summed E-state index contributed by atoms with van der Waals surface area (Å²) in [6, 6.07) is 9.89. The van der Waals surface area contributed by atoms with E-state index in [1.165, 1.54) is 7.11 Å². The number of amides is 2. The Kier molecular flexibility index (Phi) is 8.49. The van der Waals surface area contributed by atoms with Gasteiger partial charge in [0.25, 0.3) is 0 Å². The number of methoxy groups -OCH3 is 1. The number of aryl methyl sites for hydroxylation is 1. The zero-order valence-corrected chi connectivity index (χ0v) is 21.8. The molecule has 0 spiro atoms. The lowest BCUT2D eigenvalue weighted by Crippen LogP contribution is -2.32. The molecule has 3 aromatic rings. The van der Waals surface area contributed by atoms with Crippen molar-refractivity contribution in [3.63, 3.8) is 0 Å². The van der Waals surface area contributed by atoms with Crippen LogP contribution < -0.4 is 14.8 Å². The molecule has 4 rings (SSSR count). The van der Waals surface area contributed by atoms with Crippen molar-refractivity contribution in [3.8, 4) is 5.75 Å². The number of hydrogen-bond donors (Lipinski definition) is 3. The highest BCUT2D eigenvalue weighted by Crippen LogP contribution is 2.36. The maximum absolute atomic E-state index is 15.3. The molecule has 11 heteroatoms. The smallest absolute Gasteiger partial charge is 0.325 e. The first kappa shape index (κ1) is 25.7. The molecule has 2 amide bonds. The average Bonchev–Trinajstić information content (AvgIpc) is 3.26. The van der Waals surface area contributed by atoms with Gasteiger partial charge in [-0.15, -0.1) is 0 Å². The van der Waals surface area contributed by atoms with Crippen molar-refractivity contribution in [3.05, 3.63) is 79.8 Å². The minimum Gasteiger partial charge on any atom is -0.495 e. The molecular weight excluding hydrogens is 534 g/mol. The first-order valence-corrected chi connectivity index (χ1v) is 12.7. The van der Waals surface area contributed by atoms with Gasteiger partial charge in [-0.3, -0.25) is 9.82 Å². The predicted molar refractivity (Wildman–Crippen MR) is 139 cm³/mol. The number of aromatic nitrogens is 2. The number of halogens is 4. The van der Waals surface area contributed by atoms with Crippen molar-refractivity contribution in [2.24, 2.45) is 0 Å². The number of aromatic amines is 1. The van der Waals surface area contributed by atoms with Gasteiger partial charge in [-0.1, -0.05) is 40.9 Å². The number of urea groups is 1. The Balaban J connectivity index is 1.42. The van der Waals surface area contributed by atoms with E-state index in [9.17, 15) is 4.79 Å². The summed E-state index contributed by atoms with van der Waals surface area (Å²) in [5, 5.41) is 11.5. The van der Waals surface area contributed by atoms with Gasteiger partial charge in [-0.2, -0.15) is 5.10 Å². The third kappa shape index (κ3) is 6.25. The first-order valence-electron chi connectivity index (χ1n) is 10.8. The Labute approximate surface area is 221 Å². The molecule has 0 saturated carbocycles. The van der Waals surface area contributed by atoms with Gasteiger partial charge in [0.15, 0.2) is 0 Å². The second-order valence-electron chi connectivity index (χ2n) is 7.86. The number of allylic oxidation sites excluding steroid dienone is 1. The largest absolute Gasteiger partial charge is 0.495 e. The number of H-pyrrole nitrogens is 1. The quantitative estimate of drug-likeness (QED) is 0.275. The molecule has 35 heavy (non-hydrogen) atoms. The SMILES string of the molecule is COc1ccc(SNC(=O)NC/C(F)=C2\CCCc3[nH]nc(Cc4ccc(Cl)cc4Cl)c32)cc1Cl. The molecule has 0 unspecified atom stereocenters. The summed E-state index contributed by atoms with van der Waals surface area (Å²) in [6.07, 6.45) is 2.57. The van der Waals surface area contributed by atoms with Crippen LogP contribution in [0.5, 0.6) is 5.75 Å². The average molecular weight is 556 g/mol. The fourth-order valence-electron chi connectivity index (χ4n) is 3.89. The maximum Gasteiger partial charge on any atom is 0.325 e. The summed E-state index contributed by atoms with van der Waals surface area (Å²) >= 11 is 19.5. The fourth-order valence-corrected chi connectivity index (χ4v) is 5.28. The van der Waals surface area contributed by atoms with Crippen LogP contribution in [0.15, 0.2) is 47.1 Å². The van der Waals surface area contributed by atoms with Gasteiger partial charge in [-0.05, 0) is 72.7 Å². The van der Waals surface area contributed by atoms with Crippen molar-refractivity contribution >= 4 is 58.4 Å². The van der Waals surface area contributed by atoms with Crippen LogP contribution >= 0.6 is 46.8 Å². The Bertz CT molecular complexity index is 1280. The molecule has 0 bridgehead atoms. The molecule has 6 nitrogen and oxygen atoms in total. The maximum atomic E-state index is 15.3. The monoisotopic (exact) mass is 554 g/mol. The van der Waals surface area contributed by atoms with Crippen LogP contribution in [-0.4, -0.2) is 29.9 Å². The summed E-state index contributed by atoms with van der Waals surface area (Å²) < 4.78 is 23.0. The van der Waals surface area contributed by atoms with Gasteiger partial charge >= 0.3 is 6.03 Å². The van der Waals surface area contributed by atoms with Crippen LogP contribution in [0.3, 0.4) is 0 Å². The van der Waals surface area contributed by atoms with E-state index in [0.717, 1.165) is 41.6 Å². The molecule has 3 N–H and O–H groups in total. The first-order chi connectivity index (χ1) is 16.9. The summed E-state index contributed by atoms with van der Waals surface area (Å²) in [5.41, 5.74) is 3.77. The topological polar surface area (TPSA) is 79.0 Å². The van der Waals surface area contributed by atoms with Crippen molar-refractivity contribution in [2.75, 3.05) is 13.7 Å². The van der Waals surface area contributed by atoms with Gasteiger partial charge in [0.1, 0.15) is 11.6 Å². The molecule has 1 aromatic heterocycles. The Morgan fingerprint density at radius 3 is 2.74 bits per heavy atom. The minimum absolute atomic E-state index is 0.239. The lowest BCUT2D eigenvalue weighted by molar-refractivity contribution is 0.246. The van der Waals surface area contributed by atoms with Crippen LogP contribution in [0.1, 0.15) is 35.4 Å². The summed E-state index contributed by atoms with van der Waals surface area (Å²) in [6.45, 7) is -0.239. The van der Waals surface area contributed by atoms with E-state index in [2.05, 4.69) is 20.2 Å². The number of rotatable bonds is 7. The number of hydrogen-bond acceptors (Lipinski definition) is 4. The number of nitrogens with one attached hydrogen (secondary N) is 3. The number of carbonyl (C=O) groups is 1. The van der Waals surface area contributed by atoms with Crippen LogP contribution in [-0.2, 0) is 12.8 Å². The molecule has 0 saturated heterocycles. The zero-order valence-electron chi connectivity index (χ0n) is 18.7. The third-order valence-corrected chi connectivity index (χ3v) is 7.22. The highest BCUT2D eigenvalue weighted by Gasteiger charge is 2.25. The third-order valence-electron chi connectivity index (χ3n) is 5.56. The highest BCUT2D eigenvalue weighted by atomic mass is 35.5. The number of ether oxygens (including phenoxy) is 1.